The van der Waals surface area contributed by atoms with Crippen LogP contribution in [0.15, 0.2) is 30.4 Å². The first-order valence-corrected chi connectivity index (χ1v) is 29.3. The third kappa shape index (κ3) is 34.6. The zero-order chi connectivity index (χ0) is 64.2. The summed E-state index contributed by atoms with van der Waals surface area (Å²) in [5.41, 5.74) is 1.53. The van der Waals surface area contributed by atoms with Gasteiger partial charge in [0.1, 0.15) is 12.6 Å². The van der Waals surface area contributed by atoms with E-state index in [-0.39, 0.29) is 81.8 Å². The molecule has 488 valence electrons. The topological polar surface area (TPSA) is 306 Å². The molecule has 0 aromatic heterocycles. The molecule has 2 rings (SSSR count). The van der Waals surface area contributed by atoms with Gasteiger partial charge in [0.05, 0.1) is 138 Å². The number of likely N-dealkylation sites (N-methyl/N-ethyl adjacent to an activating group) is 3. The number of rotatable bonds is 47. The van der Waals surface area contributed by atoms with Crippen molar-refractivity contribution in [1.29, 1.82) is 0 Å². The number of benzene rings is 1. The normalized spacial score (nSPS) is 12.2. The highest BCUT2D eigenvalue weighted by molar-refractivity contribution is 6.12. The molecule has 1 heterocycles. The van der Waals surface area contributed by atoms with E-state index in [1.54, 1.807) is 60.1 Å². The van der Waals surface area contributed by atoms with Gasteiger partial charge in [-0.15, -0.1) is 0 Å². The fourth-order valence-electron chi connectivity index (χ4n) is 7.49. The van der Waals surface area contributed by atoms with Crippen molar-refractivity contribution in [2.75, 3.05) is 172 Å². The van der Waals surface area contributed by atoms with Crippen molar-refractivity contribution in [1.82, 2.24) is 35.1 Å². The number of ether oxygens (including phenoxy) is 9. The van der Waals surface area contributed by atoms with Crippen molar-refractivity contribution >= 4 is 64.8 Å². The van der Waals surface area contributed by atoms with Gasteiger partial charge in [-0.1, -0.05) is 54.0 Å². The van der Waals surface area contributed by atoms with E-state index in [0.29, 0.717) is 122 Å². The summed E-state index contributed by atoms with van der Waals surface area (Å²) in [6, 6.07) is 3.82. The number of anilines is 1. The summed E-state index contributed by atoms with van der Waals surface area (Å²) in [6.45, 7) is 15.7. The second-order valence-corrected chi connectivity index (χ2v) is 20.3. The molecule has 9 amide bonds. The number of esters is 1. The standard InChI is InChI=1S/C57H92N8O19.C2H6/c1-42(2)55(60-48(67)38-62(6)53(72)40-64(8)54(73)39-63(7)49(68)13-11-10-12-19-65-51(70)16-17-52(65)71)56(74)58-36-47(66)59-46-15-14-44(41-84-57(75)43(3)4)45(35-46)37-61(5)50(69)18-20-77-23-24-79-27-28-81-31-32-83-34-33-82-30-29-80-26-25-78-22-21-76-9;1-2/h14-17,35,42-43,55H,10-13,18-34,36-41H2,1-9H3,(H,58,74)(H,59,66)(H,60,67);1-2H3. The second kappa shape index (κ2) is 46.7. The molecule has 1 atom stereocenters. The maximum absolute atomic E-state index is 13.3. The lowest BCUT2D eigenvalue weighted by Crippen LogP contribution is -2.53. The van der Waals surface area contributed by atoms with Crippen LogP contribution in [0, 0.1) is 11.8 Å². The van der Waals surface area contributed by atoms with Gasteiger partial charge < -0.3 is 78.2 Å². The van der Waals surface area contributed by atoms with Gasteiger partial charge in [0.15, 0.2) is 0 Å². The van der Waals surface area contributed by atoms with Crippen LogP contribution < -0.4 is 16.0 Å². The fourth-order valence-corrected chi connectivity index (χ4v) is 7.49. The molecule has 0 saturated carbocycles. The van der Waals surface area contributed by atoms with Gasteiger partial charge in [-0.2, -0.15) is 0 Å². The molecule has 27 heteroatoms. The molecule has 86 heavy (non-hydrogen) atoms. The monoisotopic (exact) mass is 1220 g/mol. The van der Waals surface area contributed by atoms with E-state index in [2.05, 4.69) is 16.0 Å². The average molecular weight is 1220 g/mol. The molecule has 0 saturated heterocycles. The van der Waals surface area contributed by atoms with Crippen LogP contribution in [0.5, 0.6) is 0 Å². The Bertz CT molecular complexity index is 2230. The number of nitrogens with one attached hydrogen (secondary N) is 3. The smallest absolute Gasteiger partial charge is 0.308 e. The molecule has 1 aliphatic heterocycles. The number of hydrogen-bond acceptors (Lipinski definition) is 19. The summed E-state index contributed by atoms with van der Waals surface area (Å²) in [5.74, 6) is -5.48. The van der Waals surface area contributed by atoms with E-state index in [1.165, 1.54) is 43.1 Å². The molecule has 1 aromatic carbocycles. The lowest BCUT2D eigenvalue weighted by molar-refractivity contribution is -0.148. The Morgan fingerprint density at radius 3 is 1.49 bits per heavy atom. The van der Waals surface area contributed by atoms with Crippen LogP contribution in [0.4, 0.5) is 5.69 Å². The number of hydrogen-bond donors (Lipinski definition) is 3. The Balaban J connectivity index is 0.0000183. The lowest BCUT2D eigenvalue weighted by atomic mass is 10.0. The quantitative estimate of drug-likeness (QED) is 0.0474. The lowest BCUT2D eigenvalue weighted by Gasteiger charge is -2.25. The molecule has 0 spiro atoms. The molecule has 0 bridgehead atoms. The first kappa shape index (κ1) is 77.6. The van der Waals surface area contributed by atoms with Gasteiger partial charge in [0, 0.05) is 72.7 Å². The highest BCUT2D eigenvalue weighted by Gasteiger charge is 2.27. The van der Waals surface area contributed by atoms with Crippen molar-refractivity contribution < 1.29 is 90.6 Å². The van der Waals surface area contributed by atoms with Crippen molar-refractivity contribution in [2.45, 2.75) is 92.8 Å². The van der Waals surface area contributed by atoms with E-state index in [4.69, 9.17) is 42.6 Å². The third-order valence-corrected chi connectivity index (χ3v) is 12.6. The van der Waals surface area contributed by atoms with Crippen LogP contribution >= 0.6 is 0 Å². The van der Waals surface area contributed by atoms with Gasteiger partial charge in [-0.3, -0.25) is 52.8 Å². The first-order valence-electron chi connectivity index (χ1n) is 29.3. The summed E-state index contributed by atoms with van der Waals surface area (Å²) in [5, 5.41) is 7.89. The zero-order valence-corrected chi connectivity index (χ0v) is 52.7. The van der Waals surface area contributed by atoms with E-state index < -0.39 is 67.1 Å². The van der Waals surface area contributed by atoms with Gasteiger partial charge >= 0.3 is 5.97 Å². The highest BCUT2D eigenvalue weighted by Crippen LogP contribution is 2.20. The van der Waals surface area contributed by atoms with Crippen molar-refractivity contribution in [3.8, 4) is 0 Å². The minimum absolute atomic E-state index is 0.0774. The molecule has 1 unspecified atom stereocenters. The fraction of sp³-hybridized carbons (Fsp3) is 0.695. The first-order chi connectivity index (χ1) is 41.1. The Hall–Kier alpha value is -6.46. The highest BCUT2D eigenvalue weighted by atomic mass is 16.6. The summed E-state index contributed by atoms with van der Waals surface area (Å²) < 4.78 is 48.8. The molecule has 0 fully saturated rings. The Kier molecular flexibility index (Phi) is 42.1. The van der Waals surface area contributed by atoms with Crippen LogP contribution in [0.25, 0.3) is 0 Å². The number of nitrogens with zero attached hydrogens (tertiary/aromatic N) is 5. The molecule has 27 nitrogen and oxygen atoms in total. The minimum atomic E-state index is -1.09. The molecule has 1 aliphatic rings. The number of amides is 9. The number of carbonyl (C=O) groups is 10. The van der Waals surface area contributed by atoms with Crippen LogP contribution in [0.2, 0.25) is 0 Å². The number of carbonyl (C=O) groups excluding carboxylic acids is 10. The minimum Gasteiger partial charge on any atom is -0.461 e. The Morgan fingerprint density at radius 2 is 1.00 bits per heavy atom. The number of imide groups is 1. The van der Waals surface area contributed by atoms with Crippen LogP contribution in [-0.4, -0.2) is 257 Å². The zero-order valence-electron chi connectivity index (χ0n) is 52.7. The van der Waals surface area contributed by atoms with Crippen LogP contribution in [-0.2, 0) is 104 Å². The number of unbranched alkanes of at least 4 members (excludes halogenated alkanes) is 2. The number of methoxy groups -OCH3 is 1. The van der Waals surface area contributed by atoms with E-state index in [0.717, 1.165) is 14.7 Å². The predicted molar refractivity (Wildman–Crippen MR) is 317 cm³/mol. The van der Waals surface area contributed by atoms with E-state index >= 15 is 0 Å². The third-order valence-electron chi connectivity index (χ3n) is 12.6. The molecular weight excluding hydrogens is 1120 g/mol. The summed E-state index contributed by atoms with van der Waals surface area (Å²) >= 11 is 0. The van der Waals surface area contributed by atoms with Crippen LogP contribution in [0.1, 0.15) is 84.8 Å². The van der Waals surface area contributed by atoms with Crippen LogP contribution in [0.3, 0.4) is 0 Å². The predicted octanol–water partition coefficient (Wildman–Crippen LogP) is 1.58. The Labute approximate surface area is 507 Å². The Morgan fingerprint density at radius 1 is 0.535 bits per heavy atom. The summed E-state index contributed by atoms with van der Waals surface area (Å²) in [7, 11) is 7.46. The van der Waals surface area contributed by atoms with Gasteiger partial charge in [0.2, 0.25) is 41.4 Å². The van der Waals surface area contributed by atoms with Gasteiger partial charge in [-0.05, 0) is 42.0 Å². The van der Waals surface area contributed by atoms with Crippen molar-refractivity contribution in [3.05, 3.63) is 41.5 Å². The largest absolute Gasteiger partial charge is 0.461 e. The summed E-state index contributed by atoms with van der Waals surface area (Å²) in [4.78, 5) is 133. The van der Waals surface area contributed by atoms with Crippen molar-refractivity contribution in [3.63, 3.8) is 0 Å². The molecule has 3 N–H and O–H groups in total. The SMILES string of the molecule is CC.COCCOCCOCCOCCOCCOCCOCCOCCC(=O)N(C)Cc1cc(NC(=O)CNC(=O)C(NC(=O)CN(C)C(=O)CN(C)C(=O)CN(C)C(=O)CCCCCN2C(=O)C=CC2=O)C(C)C)ccc1COC(=O)C(C)C. The molecule has 1 aromatic rings. The molecular formula is C59H98N8O19. The van der Waals surface area contributed by atoms with E-state index in [9.17, 15) is 47.9 Å². The van der Waals surface area contributed by atoms with Crippen molar-refractivity contribution in [2.24, 2.45) is 11.8 Å². The van der Waals surface area contributed by atoms with Gasteiger partial charge in [0.25, 0.3) is 11.8 Å². The maximum Gasteiger partial charge on any atom is 0.308 e. The second-order valence-electron chi connectivity index (χ2n) is 20.3. The molecule has 0 radical (unpaired) electrons. The maximum atomic E-state index is 13.3. The summed E-state index contributed by atoms with van der Waals surface area (Å²) in [6.07, 6.45) is 4.26. The van der Waals surface area contributed by atoms with Gasteiger partial charge in [-0.25, -0.2) is 0 Å². The van der Waals surface area contributed by atoms with E-state index in [1.807, 2.05) is 13.8 Å². The average Bonchev–Trinajstić information content (AvgIpc) is 3.96. The molecule has 0 aliphatic carbocycles.